The summed E-state index contributed by atoms with van der Waals surface area (Å²) in [6, 6.07) is -0.597. The molecule has 7 atom stereocenters. The second-order valence-electron chi connectivity index (χ2n) is 10.6. The third-order valence-corrected chi connectivity index (χ3v) is 9.24. The quantitative estimate of drug-likeness (QED) is 0.307. The van der Waals surface area contributed by atoms with Crippen LogP contribution in [0, 0.1) is 34.5 Å². The normalized spacial score (nSPS) is 43.0. The Hall–Kier alpha value is -1.85. The molecule has 6 heteroatoms. The molecule has 0 heterocycles. The third-order valence-electron chi connectivity index (χ3n) is 9.24. The number of amides is 2. The number of allylic oxidation sites excluding steroid dienone is 1. The second-order valence-corrected chi connectivity index (χ2v) is 10.6. The molecule has 0 aliphatic heterocycles. The maximum Gasteiger partial charge on any atom is 0.332 e. The second kappa shape index (κ2) is 7.69. The summed E-state index contributed by atoms with van der Waals surface area (Å²) < 4.78 is 5.56. The van der Waals surface area contributed by atoms with Gasteiger partial charge in [0.15, 0.2) is 0 Å². The van der Waals surface area contributed by atoms with Crippen LogP contribution in [0.5, 0.6) is 0 Å². The lowest BCUT2D eigenvalue weighted by molar-refractivity contribution is -0.148. The molecule has 0 aromatic heterocycles. The van der Waals surface area contributed by atoms with Gasteiger partial charge in [-0.2, -0.15) is 5.10 Å². The predicted molar refractivity (Wildman–Crippen MR) is 117 cm³/mol. The number of primary amides is 1. The molecule has 166 valence electrons. The molecule has 0 spiro atoms. The molecule has 0 saturated heterocycles. The Kier molecular flexibility index (Phi) is 5.48. The molecule has 3 fully saturated rings. The molecule has 0 radical (unpaired) electrons. The first-order valence-corrected chi connectivity index (χ1v) is 11.6. The van der Waals surface area contributed by atoms with E-state index in [0.717, 1.165) is 37.8 Å². The van der Waals surface area contributed by atoms with E-state index in [1.165, 1.54) is 31.8 Å². The molecule has 3 N–H and O–H groups in total. The summed E-state index contributed by atoms with van der Waals surface area (Å²) in [6.07, 6.45) is 11.5. The van der Waals surface area contributed by atoms with Crippen molar-refractivity contribution in [2.75, 3.05) is 0 Å². The number of esters is 1. The van der Waals surface area contributed by atoms with Gasteiger partial charge in [-0.25, -0.2) is 10.2 Å². The number of ether oxygens (including phenoxy) is 1. The van der Waals surface area contributed by atoms with Crippen molar-refractivity contribution in [2.45, 2.75) is 85.2 Å². The zero-order valence-electron chi connectivity index (χ0n) is 18.9. The van der Waals surface area contributed by atoms with Crippen LogP contribution in [0.3, 0.4) is 0 Å². The van der Waals surface area contributed by atoms with Crippen molar-refractivity contribution in [3.05, 3.63) is 11.6 Å². The standard InChI is InChI=1S/C24H37N3O3/c1-14(26-27-22(25)29)19-7-8-20-18-6-5-16-13-17(30-15(2)28)9-11-23(16,3)21(18)10-12-24(19,20)4/h5,17-21H,6-13H2,1-4H3,(H3,25,27,29)/t17-,18-,19+,20-,21-,23-,24+/m0/s1. The Morgan fingerprint density at radius 3 is 2.60 bits per heavy atom. The van der Waals surface area contributed by atoms with Crippen LogP contribution in [-0.4, -0.2) is 23.8 Å². The number of hydrazone groups is 1. The fourth-order valence-electron chi connectivity index (χ4n) is 7.87. The SMILES string of the molecule is CC(=O)O[C@H]1CC[C@@]2(C)C(=CC[C@H]3[C@@H]4CC[C@H](C(C)=NNC(N)=O)[C@@]4(C)CC[C@@H]32)C1. The van der Waals surface area contributed by atoms with E-state index in [1.807, 2.05) is 6.92 Å². The predicted octanol–water partition coefficient (Wildman–Crippen LogP) is 4.54. The summed E-state index contributed by atoms with van der Waals surface area (Å²) in [5, 5.41) is 4.30. The van der Waals surface area contributed by atoms with Crippen molar-refractivity contribution in [3.8, 4) is 0 Å². The third kappa shape index (κ3) is 3.46. The lowest BCUT2D eigenvalue weighted by Gasteiger charge is -2.58. The number of nitrogens with one attached hydrogen (secondary N) is 1. The minimum absolute atomic E-state index is 0.0553. The number of nitrogens with zero attached hydrogens (tertiary/aromatic N) is 1. The molecular formula is C24H37N3O3. The highest BCUT2D eigenvalue weighted by Crippen LogP contribution is 2.66. The van der Waals surface area contributed by atoms with E-state index in [0.29, 0.717) is 23.7 Å². The monoisotopic (exact) mass is 415 g/mol. The average Bonchev–Trinajstić information content (AvgIpc) is 3.03. The molecule has 4 aliphatic rings. The van der Waals surface area contributed by atoms with E-state index in [-0.39, 0.29) is 22.9 Å². The van der Waals surface area contributed by atoms with Crippen LogP contribution in [-0.2, 0) is 9.53 Å². The van der Waals surface area contributed by atoms with Crippen molar-refractivity contribution in [3.63, 3.8) is 0 Å². The highest BCUT2D eigenvalue weighted by atomic mass is 16.5. The number of hydrogen-bond donors (Lipinski definition) is 2. The molecule has 4 rings (SSSR count). The summed E-state index contributed by atoms with van der Waals surface area (Å²) in [5.41, 5.74) is 10.7. The van der Waals surface area contributed by atoms with Crippen LogP contribution in [0.1, 0.15) is 79.1 Å². The maximum atomic E-state index is 11.4. The largest absolute Gasteiger partial charge is 0.462 e. The first kappa shape index (κ1) is 21.4. The number of carbonyl (C=O) groups excluding carboxylic acids is 2. The lowest BCUT2D eigenvalue weighted by atomic mass is 9.47. The van der Waals surface area contributed by atoms with Gasteiger partial charge in [0.2, 0.25) is 0 Å². The summed E-state index contributed by atoms with van der Waals surface area (Å²) in [7, 11) is 0. The Morgan fingerprint density at radius 2 is 1.90 bits per heavy atom. The Bertz CT molecular complexity index is 791. The van der Waals surface area contributed by atoms with E-state index in [4.69, 9.17) is 10.5 Å². The van der Waals surface area contributed by atoms with Crippen LogP contribution >= 0.6 is 0 Å². The highest BCUT2D eigenvalue weighted by molar-refractivity contribution is 5.86. The van der Waals surface area contributed by atoms with E-state index in [9.17, 15) is 9.59 Å². The van der Waals surface area contributed by atoms with Gasteiger partial charge in [-0.1, -0.05) is 25.5 Å². The van der Waals surface area contributed by atoms with E-state index >= 15 is 0 Å². The molecule has 4 aliphatic carbocycles. The van der Waals surface area contributed by atoms with Crippen molar-refractivity contribution >= 4 is 17.7 Å². The summed E-state index contributed by atoms with van der Waals surface area (Å²) >= 11 is 0. The molecule has 3 saturated carbocycles. The molecule has 0 aromatic carbocycles. The molecular weight excluding hydrogens is 378 g/mol. The molecule has 6 nitrogen and oxygen atoms in total. The van der Waals surface area contributed by atoms with Crippen molar-refractivity contribution in [2.24, 2.45) is 45.3 Å². The average molecular weight is 416 g/mol. The topological polar surface area (TPSA) is 93.8 Å². The number of rotatable bonds is 3. The molecule has 30 heavy (non-hydrogen) atoms. The van der Waals surface area contributed by atoms with Gasteiger partial charge in [-0.05, 0) is 80.5 Å². The van der Waals surface area contributed by atoms with Gasteiger partial charge in [0, 0.05) is 25.0 Å². The minimum atomic E-state index is -0.597. The van der Waals surface area contributed by atoms with Crippen molar-refractivity contribution in [1.29, 1.82) is 0 Å². The highest BCUT2D eigenvalue weighted by Gasteiger charge is 2.59. The van der Waals surface area contributed by atoms with Crippen LogP contribution < -0.4 is 11.2 Å². The number of carbonyl (C=O) groups is 2. The van der Waals surface area contributed by atoms with Crippen molar-refractivity contribution in [1.82, 2.24) is 5.43 Å². The molecule has 0 bridgehead atoms. The first-order chi connectivity index (χ1) is 14.1. The van der Waals surface area contributed by atoms with Gasteiger partial charge < -0.3 is 10.5 Å². The zero-order valence-corrected chi connectivity index (χ0v) is 18.9. The number of hydrogen-bond acceptors (Lipinski definition) is 4. The summed E-state index contributed by atoms with van der Waals surface area (Å²) in [4.78, 5) is 22.5. The lowest BCUT2D eigenvalue weighted by Crippen LogP contribution is -2.51. The Labute approximate surface area is 180 Å². The fourth-order valence-corrected chi connectivity index (χ4v) is 7.87. The van der Waals surface area contributed by atoms with Gasteiger partial charge in [0.25, 0.3) is 0 Å². The number of urea groups is 1. The molecule has 0 unspecified atom stereocenters. The van der Waals surface area contributed by atoms with Crippen LogP contribution in [0.25, 0.3) is 0 Å². The van der Waals surface area contributed by atoms with Gasteiger partial charge in [0.1, 0.15) is 6.10 Å². The number of fused-ring (bicyclic) bond motifs is 5. The molecule has 2 amide bonds. The number of nitrogens with two attached hydrogens (primary N) is 1. The zero-order chi connectivity index (χ0) is 21.7. The van der Waals surface area contributed by atoms with E-state index < -0.39 is 6.03 Å². The Morgan fingerprint density at radius 1 is 1.13 bits per heavy atom. The van der Waals surface area contributed by atoms with Gasteiger partial charge in [-0.3, -0.25) is 4.79 Å². The van der Waals surface area contributed by atoms with Crippen molar-refractivity contribution < 1.29 is 14.3 Å². The maximum absolute atomic E-state index is 11.4. The van der Waals surface area contributed by atoms with Gasteiger partial charge >= 0.3 is 12.0 Å². The van der Waals surface area contributed by atoms with E-state index in [2.05, 4.69) is 30.5 Å². The van der Waals surface area contributed by atoms with E-state index in [1.54, 1.807) is 0 Å². The van der Waals surface area contributed by atoms with Gasteiger partial charge in [0.05, 0.1) is 0 Å². The summed E-state index contributed by atoms with van der Waals surface area (Å²) in [6.45, 7) is 8.48. The first-order valence-electron chi connectivity index (χ1n) is 11.6. The van der Waals surface area contributed by atoms with Crippen LogP contribution in [0.15, 0.2) is 16.8 Å². The Balaban J connectivity index is 1.54. The minimum Gasteiger partial charge on any atom is -0.462 e. The van der Waals surface area contributed by atoms with Crippen LogP contribution in [0.4, 0.5) is 4.79 Å². The molecule has 0 aromatic rings. The summed E-state index contributed by atoms with van der Waals surface area (Å²) in [5.74, 6) is 2.37. The fraction of sp³-hybridized carbons (Fsp3) is 0.792. The smallest absolute Gasteiger partial charge is 0.332 e. The van der Waals surface area contributed by atoms with Crippen LogP contribution in [0.2, 0.25) is 0 Å². The van der Waals surface area contributed by atoms with Gasteiger partial charge in [-0.15, -0.1) is 0 Å².